The van der Waals surface area contributed by atoms with Crippen LogP contribution in [0.2, 0.25) is 0 Å². The quantitative estimate of drug-likeness (QED) is 0.0264. The van der Waals surface area contributed by atoms with Crippen molar-refractivity contribution in [3.05, 3.63) is 134 Å². The molecule has 0 aromatic heterocycles. The predicted octanol–water partition coefficient (Wildman–Crippen LogP) is 15.9. The van der Waals surface area contributed by atoms with E-state index in [1.807, 2.05) is 91.1 Å². The van der Waals surface area contributed by atoms with Gasteiger partial charge in [-0.1, -0.05) is 219 Å². The van der Waals surface area contributed by atoms with E-state index < -0.39 is 12.1 Å². The number of hydrogen-bond acceptors (Lipinski definition) is 6. The van der Waals surface area contributed by atoms with E-state index in [9.17, 15) is 14.4 Å². The van der Waals surface area contributed by atoms with Crippen molar-refractivity contribution in [2.75, 3.05) is 13.2 Å². The normalized spacial score (nSPS) is 13.3. The van der Waals surface area contributed by atoms with Crippen molar-refractivity contribution < 1.29 is 28.6 Å². The lowest BCUT2D eigenvalue weighted by atomic mass is 10.1. The fourth-order valence-electron chi connectivity index (χ4n) is 6.00. The summed E-state index contributed by atoms with van der Waals surface area (Å²) in [6.07, 6.45) is 68.7. The molecule has 62 heavy (non-hydrogen) atoms. The molecule has 0 aliphatic rings. The Morgan fingerprint density at radius 1 is 0.339 bits per heavy atom. The Morgan fingerprint density at radius 3 is 1.06 bits per heavy atom. The van der Waals surface area contributed by atoms with Gasteiger partial charge in [0.1, 0.15) is 13.2 Å². The summed E-state index contributed by atoms with van der Waals surface area (Å²) in [5, 5.41) is 0. The standard InChI is InChI=1S/C56H86O6/c1-4-7-10-13-16-19-22-25-26-27-28-29-32-34-37-40-43-46-49-55(58)61-52-53(62-56(59)50-47-44-41-38-35-31-24-21-18-15-12-9-6-3)51-60-54(57)48-45-42-39-36-33-30-23-20-17-14-11-8-5-2/h8-9,11-12,14-15,17-18,20-21,23-24,26-31,33,35,38,41,53H,4-7,10,13,16,19,22,25,32,34,36-37,39-40,42-52H2,1-3H3/b11-8+,12-9+,17-14+,18-15+,23-20+,24-21+,27-26+,29-28+,33-30+,35-31+,41-38+. The van der Waals surface area contributed by atoms with E-state index in [2.05, 4.69) is 63.3 Å². The van der Waals surface area contributed by atoms with Gasteiger partial charge in [0, 0.05) is 19.3 Å². The van der Waals surface area contributed by atoms with Gasteiger partial charge in [0.2, 0.25) is 0 Å². The molecule has 0 spiro atoms. The van der Waals surface area contributed by atoms with E-state index in [0.717, 1.165) is 70.6 Å². The molecule has 0 amide bonds. The van der Waals surface area contributed by atoms with Crippen LogP contribution in [-0.2, 0) is 28.6 Å². The Labute approximate surface area is 379 Å². The summed E-state index contributed by atoms with van der Waals surface area (Å²) in [4.78, 5) is 37.8. The van der Waals surface area contributed by atoms with Crippen molar-refractivity contribution in [3.63, 3.8) is 0 Å². The van der Waals surface area contributed by atoms with Gasteiger partial charge in [-0.15, -0.1) is 0 Å². The zero-order valence-corrected chi connectivity index (χ0v) is 39.3. The van der Waals surface area contributed by atoms with Crippen LogP contribution in [0.1, 0.15) is 181 Å². The molecule has 0 saturated heterocycles. The highest BCUT2D eigenvalue weighted by molar-refractivity contribution is 5.71. The molecule has 0 aliphatic carbocycles. The van der Waals surface area contributed by atoms with Gasteiger partial charge < -0.3 is 14.2 Å². The third-order valence-corrected chi connectivity index (χ3v) is 9.62. The molecule has 346 valence electrons. The van der Waals surface area contributed by atoms with E-state index >= 15 is 0 Å². The van der Waals surface area contributed by atoms with Crippen LogP contribution in [0.25, 0.3) is 0 Å². The second-order valence-corrected chi connectivity index (χ2v) is 15.5. The van der Waals surface area contributed by atoms with Crippen molar-refractivity contribution >= 4 is 17.9 Å². The van der Waals surface area contributed by atoms with Gasteiger partial charge in [0.05, 0.1) is 0 Å². The number of rotatable bonds is 41. The van der Waals surface area contributed by atoms with Gasteiger partial charge in [-0.2, -0.15) is 0 Å². The van der Waals surface area contributed by atoms with Crippen molar-refractivity contribution in [1.29, 1.82) is 0 Å². The maximum atomic E-state index is 12.7. The summed E-state index contributed by atoms with van der Waals surface area (Å²) in [5.74, 6) is -1.08. The number of allylic oxidation sites excluding steroid dienone is 22. The fraction of sp³-hybridized carbons (Fsp3) is 0.554. The molecule has 6 nitrogen and oxygen atoms in total. The first kappa shape index (κ1) is 57.5. The molecular formula is C56H86O6. The van der Waals surface area contributed by atoms with Crippen molar-refractivity contribution in [2.24, 2.45) is 0 Å². The molecule has 1 unspecified atom stereocenters. The Kier molecular flexibility index (Phi) is 45.7. The van der Waals surface area contributed by atoms with Crippen LogP contribution in [0, 0.1) is 0 Å². The molecule has 0 saturated carbocycles. The largest absolute Gasteiger partial charge is 0.462 e. The van der Waals surface area contributed by atoms with E-state index in [4.69, 9.17) is 14.2 Å². The molecule has 0 fully saturated rings. The molecule has 1 atom stereocenters. The number of unbranched alkanes of at least 4 members (excludes halogenated alkanes) is 16. The third-order valence-electron chi connectivity index (χ3n) is 9.62. The summed E-state index contributed by atoms with van der Waals surface area (Å²) in [7, 11) is 0. The van der Waals surface area contributed by atoms with Crippen LogP contribution in [0.3, 0.4) is 0 Å². The Balaban J connectivity index is 4.57. The molecule has 0 heterocycles. The molecule has 0 N–H and O–H groups in total. The summed E-state index contributed by atoms with van der Waals surface area (Å²) < 4.78 is 16.6. The minimum atomic E-state index is -0.842. The third kappa shape index (κ3) is 46.6. The number of carbonyl (C=O) groups is 3. The average molecular weight is 855 g/mol. The molecule has 0 aliphatic heterocycles. The van der Waals surface area contributed by atoms with Crippen LogP contribution >= 0.6 is 0 Å². The van der Waals surface area contributed by atoms with Gasteiger partial charge >= 0.3 is 17.9 Å². The zero-order chi connectivity index (χ0) is 45.1. The first-order valence-corrected chi connectivity index (χ1v) is 24.3. The number of ether oxygens (including phenoxy) is 3. The average Bonchev–Trinajstić information content (AvgIpc) is 3.27. The maximum absolute atomic E-state index is 12.7. The Bertz CT molecular complexity index is 1400. The number of hydrogen-bond donors (Lipinski definition) is 0. The first-order valence-electron chi connectivity index (χ1n) is 24.3. The lowest BCUT2D eigenvalue weighted by molar-refractivity contribution is -0.167. The number of carbonyl (C=O) groups excluding carboxylic acids is 3. The Morgan fingerprint density at radius 2 is 0.645 bits per heavy atom. The molecular weight excluding hydrogens is 769 g/mol. The monoisotopic (exact) mass is 855 g/mol. The molecule has 0 rings (SSSR count). The maximum Gasteiger partial charge on any atom is 0.306 e. The summed E-state index contributed by atoms with van der Waals surface area (Å²) >= 11 is 0. The van der Waals surface area contributed by atoms with Crippen LogP contribution in [0.4, 0.5) is 0 Å². The van der Waals surface area contributed by atoms with Crippen LogP contribution in [-0.4, -0.2) is 37.2 Å². The van der Waals surface area contributed by atoms with Crippen LogP contribution in [0.15, 0.2) is 134 Å². The zero-order valence-electron chi connectivity index (χ0n) is 39.3. The van der Waals surface area contributed by atoms with E-state index in [0.29, 0.717) is 25.7 Å². The minimum absolute atomic E-state index is 0.133. The van der Waals surface area contributed by atoms with Gasteiger partial charge in [-0.25, -0.2) is 0 Å². The smallest absolute Gasteiger partial charge is 0.306 e. The van der Waals surface area contributed by atoms with Gasteiger partial charge in [0.15, 0.2) is 6.10 Å². The van der Waals surface area contributed by atoms with Crippen LogP contribution in [0.5, 0.6) is 0 Å². The SMILES string of the molecule is CC/C=C/C=C/C=C/C=C/C=C/CCCC(=O)OC(COC(=O)CCCCC/C=C/C=C/C=C/C=C/CC)COC(=O)CCCCCCC/C=C/C=C/CCCCCCCCC. The predicted molar refractivity (Wildman–Crippen MR) is 265 cm³/mol. The highest BCUT2D eigenvalue weighted by Gasteiger charge is 2.19. The van der Waals surface area contributed by atoms with Crippen molar-refractivity contribution in [1.82, 2.24) is 0 Å². The minimum Gasteiger partial charge on any atom is -0.462 e. The lowest BCUT2D eigenvalue weighted by Crippen LogP contribution is -2.30. The lowest BCUT2D eigenvalue weighted by Gasteiger charge is -2.18. The van der Waals surface area contributed by atoms with E-state index in [-0.39, 0.29) is 38.0 Å². The van der Waals surface area contributed by atoms with E-state index in [1.54, 1.807) is 0 Å². The second-order valence-electron chi connectivity index (χ2n) is 15.5. The summed E-state index contributed by atoms with van der Waals surface area (Å²) in [5.41, 5.74) is 0. The van der Waals surface area contributed by atoms with Gasteiger partial charge in [-0.05, 0) is 77.0 Å². The first-order chi connectivity index (χ1) is 30.5. The molecule has 0 radical (unpaired) electrons. The molecule has 0 aromatic rings. The van der Waals surface area contributed by atoms with Crippen LogP contribution < -0.4 is 0 Å². The highest BCUT2D eigenvalue weighted by Crippen LogP contribution is 2.12. The number of esters is 3. The summed E-state index contributed by atoms with van der Waals surface area (Å²) in [6.45, 7) is 6.20. The molecule has 6 heteroatoms. The highest BCUT2D eigenvalue weighted by atomic mass is 16.6. The second kappa shape index (κ2) is 49.2. The fourth-order valence-corrected chi connectivity index (χ4v) is 6.00. The molecule has 0 aromatic carbocycles. The van der Waals surface area contributed by atoms with Gasteiger partial charge in [0.25, 0.3) is 0 Å². The Hall–Kier alpha value is -4.45. The van der Waals surface area contributed by atoms with Crippen molar-refractivity contribution in [3.8, 4) is 0 Å². The van der Waals surface area contributed by atoms with Crippen molar-refractivity contribution in [2.45, 2.75) is 187 Å². The summed E-state index contributed by atoms with van der Waals surface area (Å²) in [6, 6.07) is 0. The molecule has 0 bridgehead atoms. The van der Waals surface area contributed by atoms with Gasteiger partial charge in [-0.3, -0.25) is 14.4 Å². The topological polar surface area (TPSA) is 78.9 Å². The van der Waals surface area contributed by atoms with E-state index in [1.165, 1.54) is 51.4 Å².